The van der Waals surface area contributed by atoms with Crippen LogP contribution in [0.3, 0.4) is 0 Å². The molecule has 17 heavy (non-hydrogen) atoms. The van der Waals surface area contributed by atoms with Gasteiger partial charge in [0, 0.05) is 6.54 Å². The quantitative estimate of drug-likeness (QED) is 0.794. The highest BCUT2D eigenvalue weighted by atomic mass is 35.5. The molecule has 0 aliphatic carbocycles. The van der Waals surface area contributed by atoms with Gasteiger partial charge >= 0.3 is 0 Å². The highest BCUT2D eigenvalue weighted by Gasteiger charge is 2.16. The summed E-state index contributed by atoms with van der Waals surface area (Å²) in [6.07, 6.45) is 0.901. The van der Waals surface area contributed by atoms with E-state index in [-0.39, 0.29) is 5.91 Å². The Labute approximate surface area is 107 Å². The minimum Gasteiger partial charge on any atom is -0.494 e. The first-order valence-electron chi connectivity index (χ1n) is 5.83. The van der Waals surface area contributed by atoms with Crippen molar-refractivity contribution in [3.63, 3.8) is 0 Å². The van der Waals surface area contributed by atoms with E-state index in [2.05, 4.69) is 5.32 Å². The summed E-state index contributed by atoms with van der Waals surface area (Å²) in [5.74, 6) is 0.631. The van der Waals surface area contributed by atoms with Gasteiger partial charge in [-0.3, -0.25) is 4.79 Å². The van der Waals surface area contributed by atoms with E-state index in [4.69, 9.17) is 16.3 Å². The fourth-order valence-electron chi connectivity index (χ4n) is 1.39. The monoisotopic (exact) mass is 255 g/mol. The highest BCUT2D eigenvalue weighted by molar-refractivity contribution is 6.30. The third-order valence-electron chi connectivity index (χ3n) is 2.26. The summed E-state index contributed by atoms with van der Waals surface area (Å²) in [4.78, 5) is 11.6. The van der Waals surface area contributed by atoms with Gasteiger partial charge in [0.05, 0.1) is 6.61 Å². The molecule has 1 amide bonds. The maximum Gasteiger partial charge on any atom is 0.242 e. The van der Waals surface area contributed by atoms with Crippen LogP contribution in [0, 0.1) is 0 Å². The molecule has 1 aromatic carbocycles. The van der Waals surface area contributed by atoms with Crippen LogP contribution in [0.1, 0.15) is 31.2 Å². The maximum absolute atomic E-state index is 11.6. The van der Waals surface area contributed by atoms with Crippen molar-refractivity contribution in [1.29, 1.82) is 0 Å². The van der Waals surface area contributed by atoms with E-state index < -0.39 is 5.38 Å². The van der Waals surface area contributed by atoms with Crippen LogP contribution in [0.25, 0.3) is 0 Å². The molecule has 0 saturated carbocycles. The third kappa shape index (κ3) is 4.27. The van der Waals surface area contributed by atoms with Crippen molar-refractivity contribution >= 4 is 17.5 Å². The van der Waals surface area contributed by atoms with Crippen LogP contribution in [0.5, 0.6) is 5.75 Å². The predicted octanol–water partition coefficient (Wildman–Crippen LogP) is 2.89. The largest absolute Gasteiger partial charge is 0.494 e. The van der Waals surface area contributed by atoms with E-state index in [1.165, 1.54) is 0 Å². The smallest absolute Gasteiger partial charge is 0.242 e. The lowest BCUT2D eigenvalue weighted by Crippen LogP contribution is -2.27. The lowest BCUT2D eigenvalue weighted by Gasteiger charge is -2.11. The number of hydrogen-bond donors (Lipinski definition) is 1. The summed E-state index contributed by atoms with van der Waals surface area (Å²) in [6.45, 7) is 5.20. The predicted molar refractivity (Wildman–Crippen MR) is 69.5 cm³/mol. The molecular formula is C13H18ClNO2. The number of hydrogen-bond acceptors (Lipinski definition) is 2. The van der Waals surface area contributed by atoms with Gasteiger partial charge in [-0.25, -0.2) is 0 Å². The molecule has 1 aromatic rings. The number of benzene rings is 1. The van der Waals surface area contributed by atoms with Gasteiger partial charge in [-0.1, -0.05) is 19.1 Å². The van der Waals surface area contributed by atoms with Crippen LogP contribution in [0.2, 0.25) is 0 Å². The van der Waals surface area contributed by atoms with Crippen LogP contribution in [-0.4, -0.2) is 19.1 Å². The van der Waals surface area contributed by atoms with Crippen LogP contribution < -0.4 is 10.1 Å². The molecule has 4 heteroatoms. The zero-order valence-corrected chi connectivity index (χ0v) is 11.0. The van der Waals surface area contributed by atoms with Crippen molar-refractivity contribution < 1.29 is 9.53 Å². The second-order valence-corrected chi connectivity index (χ2v) is 4.09. The fourth-order valence-corrected chi connectivity index (χ4v) is 1.61. The van der Waals surface area contributed by atoms with E-state index in [0.29, 0.717) is 13.2 Å². The summed E-state index contributed by atoms with van der Waals surface area (Å²) in [7, 11) is 0. The molecule has 0 bridgehead atoms. The van der Waals surface area contributed by atoms with Crippen LogP contribution >= 0.6 is 11.6 Å². The van der Waals surface area contributed by atoms with E-state index in [0.717, 1.165) is 17.7 Å². The first-order chi connectivity index (χ1) is 8.19. The number of rotatable bonds is 6. The van der Waals surface area contributed by atoms with Gasteiger partial charge < -0.3 is 10.1 Å². The molecule has 0 aliphatic rings. The Hall–Kier alpha value is -1.22. The van der Waals surface area contributed by atoms with Gasteiger partial charge in [-0.15, -0.1) is 11.6 Å². The van der Waals surface area contributed by atoms with E-state index in [9.17, 15) is 4.79 Å². The summed E-state index contributed by atoms with van der Waals surface area (Å²) in [5.41, 5.74) is 0.781. The average molecular weight is 256 g/mol. The summed E-state index contributed by atoms with van der Waals surface area (Å²) >= 11 is 6.07. The van der Waals surface area contributed by atoms with Crippen LogP contribution in [0.4, 0.5) is 0 Å². The number of carbonyl (C=O) groups is 1. The summed E-state index contributed by atoms with van der Waals surface area (Å²) in [5, 5.41) is 2.13. The van der Waals surface area contributed by atoms with E-state index in [1.807, 2.05) is 38.1 Å². The molecule has 0 radical (unpaired) electrons. The molecule has 0 heterocycles. The van der Waals surface area contributed by atoms with Gasteiger partial charge in [0.1, 0.15) is 11.1 Å². The summed E-state index contributed by atoms with van der Waals surface area (Å²) < 4.78 is 5.32. The molecule has 0 saturated heterocycles. The molecule has 0 aliphatic heterocycles. The van der Waals surface area contributed by atoms with Crippen LogP contribution in [0.15, 0.2) is 24.3 Å². The minimum absolute atomic E-state index is 0.155. The Morgan fingerprint density at radius 2 is 2.00 bits per heavy atom. The van der Waals surface area contributed by atoms with Crippen molar-refractivity contribution in [1.82, 2.24) is 5.32 Å². The number of ether oxygens (including phenoxy) is 1. The SMILES string of the molecule is CCCNC(=O)C(Cl)c1ccc(OCC)cc1. The van der Waals surface area contributed by atoms with Gasteiger partial charge in [0.2, 0.25) is 5.91 Å². The van der Waals surface area contributed by atoms with Crippen molar-refractivity contribution in [3.05, 3.63) is 29.8 Å². The van der Waals surface area contributed by atoms with Gasteiger partial charge in [-0.2, -0.15) is 0 Å². The number of amides is 1. The molecular weight excluding hydrogens is 238 g/mol. The topological polar surface area (TPSA) is 38.3 Å². The van der Waals surface area contributed by atoms with Crippen molar-refractivity contribution in [2.75, 3.05) is 13.2 Å². The van der Waals surface area contributed by atoms with Gasteiger partial charge in [0.25, 0.3) is 0 Å². The lowest BCUT2D eigenvalue weighted by molar-refractivity contribution is -0.120. The molecule has 0 aromatic heterocycles. The van der Waals surface area contributed by atoms with Gasteiger partial charge in [-0.05, 0) is 31.0 Å². The van der Waals surface area contributed by atoms with Gasteiger partial charge in [0.15, 0.2) is 0 Å². The van der Waals surface area contributed by atoms with E-state index >= 15 is 0 Å². The first kappa shape index (κ1) is 13.8. The zero-order valence-electron chi connectivity index (χ0n) is 10.2. The maximum atomic E-state index is 11.6. The molecule has 1 rings (SSSR count). The standard InChI is InChI=1S/C13H18ClNO2/c1-3-9-15-13(16)12(14)10-5-7-11(8-6-10)17-4-2/h5-8,12H,3-4,9H2,1-2H3,(H,15,16). The number of nitrogens with one attached hydrogen (secondary N) is 1. The Kier molecular flexibility index (Phi) is 5.84. The molecule has 1 unspecified atom stereocenters. The molecule has 0 fully saturated rings. The Bertz CT molecular complexity index is 351. The normalized spacial score (nSPS) is 11.9. The fraction of sp³-hybridized carbons (Fsp3) is 0.462. The van der Waals surface area contributed by atoms with Crippen molar-refractivity contribution in [2.24, 2.45) is 0 Å². The molecule has 0 spiro atoms. The first-order valence-corrected chi connectivity index (χ1v) is 6.27. The zero-order chi connectivity index (χ0) is 12.7. The second kappa shape index (κ2) is 7.17. The van der Waals surface area contributed by atoms with Crippen molar-refractivity contribution in [2.45, 2.75) is 25.6 Å². The van der Waals surface area contributed by atoms with Crippen LogP contribution in [-0.2, 0) is 4.79 Å². The number of halogens is 1. The number of alkyl halides is 1. The molecule has 1 N–H and O–H groups in total. The minimum atomic E-state index is -0.641. The average Bonchev–Trinajstić information content (AvgIpc) is 2.36. The Morgan fingerprint density at radius 1 is 1.35 bits per heavy atom. The Morgan fingerprint density at radius 3 is 2.53 bits per heavy atom. The number of carbonyl (C=O) groups excluding carboxylic acids is 1. The molecule has 3 nitrogen and oxygen atoms in total. The molecule has 94 valence electrons. The van der Waals surface area contributed by atoms with E-state index in [1.54, 1.807) is 0 Å². The lowest BCUT2D eigenvalue weighted by atomic mass is 10.1. The Balaban J connectivity index is 2.62. The third-order valence-corrected chi connectivity index (χ3v) is 2.71. The summed E-state index contributed by atoms with van der Waals surface area (Å²) in [6, 6.07) is 7.27. The highest BCUT2D eigenvalue weighted by Crippen LogP contribution is 2.23. The van der Waals surface area contributed by atoms with Crippen molar-refractivity contribution in [3.8, 4) is 5.75 Å². The second-order valence-electron chi connectivity index (χ2n) is 3.66. The molecule has 1 atom stereocenters.